The van der Waals surface area contributed by atoms with Crippen LogP contribution in [0.15, 0.2) is 53.4 Å². The van der Waals surface area contributed by atoms with Crippen molar-refractivity contribution in [3.8, 4) is 5.75 Å². The number of amides is 1. The van der Waals surface area contributed by atoms with Gasteiger partial charge in [0.15, 0.2) is 0 Å². The van der Waals surface area contributed by atoms with E-state index in [-0.39, 0.29) is 16.2 Å². The molecule has 196 valence electrons. The number of para-hydroxylation sites is 1. The fourth-order valence-corrected chi connectivity index (χ4v) is 6.66. The summed E-state index contributed by atoms with van der Waals surface area (Å²) in [5.74, 6) is 1.29. The van der Waals surface area contributed by atoms with Crippen LogP contribution in [0.25, 0.3) is 0 Å². The van der Waals surface area contributed by atoms with Gasteiger partial charge in [0.1, 0.15) is 5.75 Å². The van der Waals surface area contributed by atoms with E-state index in [4.69, 9.17) is 4.74 Å². The highest BCUT2D eigenvalue weighted by atomic mass is 32.2. The first-order valence-electron chi connectivity index (χ1n) is 13.0. The van der Waals surface area contributed by atoms with Crippen molar-refractivity contribution < 1.29 is 17.9 Å². The number of hydrogen-bond acceptors (Lipinski definition) is 5. The molecule has 1 N–H and O–H groups in total. The second kappa shape index (κ2) is 11.3. The molecule has 0 atom stereocenters. The second-order valence-corrected chi connectivity index (χ2v) is 12.6. The Kier molecular flexibility index (Phi) is 8.37. The van der Waals surface area contributed by atoms with Crippen molar-refractivity contribution in [1.29, 1.82) is 0 Å². The van der Waals surface area contributed by atoms with E-state index in [1.807, 2.05) is 6.07 Å². The van der Waals surface area contributed by atoms with Gasteiger partial charge >= 0.3 is 0 Å². The van der Waals surface area contributed by atoms with Crippen LogP contribution < -0.4 is 10.1 Å². The summed E-state index contributed by atoms with van der Waals surface area (Å²) in [4.78, 5) is 14.0. The molecule has 0 bridgehead atoms. The maximum atomic E-state index is 13.2. The minimum atomic E-state index is -3.53. The summed E-state index contributed by atoms with van der Waals surface area (Å²) in [6.07, 6.45) is 4.00. The van der Waals surface area contributed by atoms with E-state index in [0.29, 0.717) is 24.7 Å². The molecule has 0 aliphatic carbocycles. The first-order chi connectivity index (χ1) is 17.2. The molecule has 2 aromatic rings. The van der Waals surface area contributed by atoms with Gasteiger partial charge in [0.25, 0.3) is 0 Å². The Morgan fingerprint density at radius 3 is 2.19 bits per heavy atom. The monoisotopic (exact) mass is 513 g/mol. The molecule has 2 aliphatic rings. The second-order valence-electron chi connectivity index (χ2n) is 10.7. The quantitative estimate of drug-likeness (QED) is 0.551. The number of sulfonamides is 1. The van der Waals surface area contributed by atoms with E-state index >= 15 is 0 Å². The Morgan fingerprint density at radius 1 is 0.972 bits per heavy atom. The molecule has 2 aliphatic heterocycles. The maximum Gasteiger partial charge on any atom is 0.243 e. The third kappa shape index (κ3) is 6.47. The van der Waals surface area contributed by atoms with Crippen LogP contribution >= 0.6 is 0 Å². The molecule has 1 spiro atoms. The van der Waals surface area contributed by atoms with E-state index < -0.39 is 10.0 Å². The molecule has 2 fully saturated rings. The highest BCUT2D eigenvalue weighted by molar-refractivity contribution is 7.89. The molecule has 0 unspecified atom stereocenters. The summed E-state index contributed by atoms with van der Waals surface area (Å²) in [7, 11) is -3.53. The zero-order valence-corrected chi connectivity index (χ0v) is 22.5. The standard InChI is InChI=1S/C28H39N3O4S/c1-22(2)21-35-27-7-5-4-6-24(27)20-30-16-12-28(13-17-30)14-18-31(19-15-28)36(33,34)26-10-8-25(9-11-26)29-23(3)32/h4-11,22H,12-21H2,1-3H3,(H,29,32). The van der Waals surface area contributed by atoms with Crippen molar-refractivity contribution in [1.82, 2.24) is 9.21 Å². The minimum Gasteiger partial charge on any atom is -0.493 e. The Morgan fingerprint density at radius 2 is 1.58 bits per heavy atom. The third-order valence-corrected chi connectivity index (χ3v) is 9.36. The number of anilines is 1. The van der Waals surface area contributed by atoms with Crippen LogP contribution in [0.4, 0.5) is 5.69 Å². The van der Waals surface area contributed by atoms with Crippen molar-refractivity contribution >= 4 is 21.6 Å². The lowest BCUT2D eigenvalue weighted by Crippen LogP contribution is -2.48. The van der Waals surface area contributed by atoms with Crippen molar-refractivity contribution in [2.75, 3.05) is 38.1 Å². The number of carbonyl (C=O) groups is 1. The molecule has 0 saturated carbocycles. The van der Waals surface area contributed by atoms with Crippen LogP contribution in [0.2, 0.25) is 0 Å². The third-order valence-electron chi connectivity index (χ3n) is 7.45. The van der Waals surface area contributed by atoms with Gasteiger partial charge in [-0.15, -0.1) is 0 Å². The van der Waals surface area contributed by atoms with Gasteiger partial charge < -0.3 is 10.1 Å². The minimum absolute atomic E-state index is 0.179. The number of nitrogens with one attached hydrogen (secondary N) is 1. The van der Waals surface area contributed by atoms with Crippen molar-refractivity contribution in [3.63, 3.8) is 0 Å². The van der Waals surface area contributed by atoms with Crippen LogP contribution in [0, 0.1) is 11.3 Å². The van der Waals surface area contributed by atoms with Crippen molar-refractivity contribution in [3.05, 3.63) is 54.1 Å². The molecular formula is C28H39N3O4S. The number of rotatable bonds is 8. The van der Waals surface area contributed by atoms with E-state index in [1.165, 1.54) is 12.5 Å². The predicted molar refractivity (Wildman–Crippen MR) is 142 cm³/mol. The van der Waals surface area contributed by atoms with Gasteiger partial charge in [-0.3, -0.25) is 9.69 Å². The lowest BCUT2D eigenvalue weighted by molar-refractivity contribution is -0.114. The number of piperidine rings is 2. The van der Waals surface area contributed by atoms with Gasteiger partial charge in [-0.05, 0) is 80.4 Å². The molecule has 8 heteroatoms. The van der Waals surface area contributed by atoms with Gasteiger partial charge in [0.05, 0.1) is 11.5 Å². The number of benzene rings is 2. The first-order valence-corrected chi connectivity index (χ1v) is 14.4. The SMILES string of the molecule is CC(=O)Nc1ccc(S(=O)(=O)N2CCC3(CCN(Cc4ccccc4OCC(C)C)CC3)CC2)cc1. The largest absolute Gasteiger partial charge is 0.493 e. The zero-order valence-electron chi connectivity index (χ0n) is 21.7. The summed E-state index contributed by atoms with van der Waals surface area (Å²) in [5.41, 5.74) is 2.06. The summed E-state index contributed by atoms with van der Waals surface area (Å²) >= 11 is 0. The Bertz CT molecular complexity index is 1130. The van der Waals surface area contributed by atoms with E-state index in [1.54, 1.807) is 28.6 Å². The predicted octanol–water partition coefficient (Wildman–Crippen LogP) is 4.75. The summed E-state index contributed by atoms with van der Waals surface area (Å²) in [6, 6.07) is 14.8. The molecule has 0 radical (unpaired) electrons. The van der Waals surface area contributed by atoms with Crippen molar-refractivity contribution in [2.24, 2.45) is 11.3 Å². The van der Waals surface area contributed by atoms with Gasteiger partial charge in [0, 0.05) is 37.8 Å². The Hall–Kier alpha value is -2.42. The lowest BCUT2D eigenvalue weighted by Gasteiger charge is -2.46. The lowest BCUT2D eigenvalue weighted by atomic mass is 9.71. The topological polar surface area (TPSA) is 79.0 Å². The maximum absolute atomic E-state index is 13.2. The van der Waals surface area contributed by atoms with E-state index in [2.05, 4.69) is 42.3 Å². The number of likely N-dealkylation sites (tertiary alicyclic amines) is 1. The normalized spacial score (nSPS) is 18.9. The number of hydrogen-bond donors (Lipinski definition) is 1. The molecule has 0 aromatic heterocycles. The van der Waals surface area contributed by atoms with Gasteiger partial charge in [0.2, 0.25) is 15.9 Å². The number of nitrogens with zero attached hydrogens (tertiary/aromatic N) is 2. The summed E-state index contributed by atoms with van der Waals surface area (Å²) < 4.78 is 34.1. The summed E-state index contributed by atoms with van der Waals surface area (Å²) in [6.45, 7) is 10.5. The highest BCUT2D eigenvalue weighted by Crippen LogP contribution is 2.42. The smallest absolute Gasteiger partial charge is 0.243 e. The molecule has 2 heterocycles. The van der Waals surface area contributed by atoms with Gasteiger partial charge in [-0.2, -0.15) is 4.31 Å². The summed E-state index contributed by atoms with van der Waals surface area (Å²) in [5, 5.41) is 2.68. The molecule has 1 amide bonds. The van der Waals surface area contributed by atoms with Crippen LogP contribution in [0.1, 0.15) is 52.0 Å². The average molecular weight is 514 g/mol. The fraction of sp³-hybridized carbons (Fsp3) is 0.536. The fourth-order valence-electron chi connectivity index (χ4n) is 5.22. The Labute approximate surface area is 215 Å². The average Bonchev–Trinajstić information content (AvgIpc) is 2.85. The van der Waals surface area contributed by atoms with Crippen LogP contribution in [0.5, 0.6) is 5.75 Å². The van der Waals surface area contributed by atoms with Crippen molar-refractivity contribution in [2.45, 2.75) is 57.9 Å². The van der Waals surface area contributed by atoms with Gasteiger partial charge in [-0.1, -0.05) is 32.0 Å². The number of carbonyl (C=O) groups excluding carboxylic acids is 1. The zero-order chi connectivity index (χ0) is 25.8. The van der Waals surface area contributed by atoms with E-state index in [0.717, 1.165) is 57.7 Å². The van der Waals surface area contributed by atoms with Crippen LogP contribution in [-0.4, -0.2) is 56.3 Å². The first kappa shape index (κ1) is 26.6. The van der Waals surface area contributed by atoms with Crippen LogP contribution in [-0.2, 0) is 21.4 Å². The molecule has 2 aromatic carbocycles. The van der Waals surface area contributed by atoms with E-state index in [9.17, 15) is 13.2 Å². The van der Waals surface area contributed by atoms with Gasteiger partial charge in [-0.25, -0.2) is 8.42 Å². The molecule has 36 heavy (non-hydrogen) atoms. The number of ether oxygens (including phenoxy) is 1. The Balaban J connectivity index is 1.30. The van der Waals surface area contributed by atoms with Crippen LogP contribution in [0.3, 0.4) is 0 Å². The molecule has 4 rings (SSSR count). The highest BCUT2D eigenvalue weighted by Gasteiger charge is 2.40. The molecule has 7 nitrogen and oxygen atoms in total. The molecular weight excluding hydrogens is 474 g/mol. The molecule has 2 saturated heterocycles.